The van der Waals surface area contributed by atoms with E-state index in [0.29, 0.717) is 12.1 Å². The minimum absolute atomic E-state index is 0.0951. The predicted octanol–water partition coefficient (Wildman–Crippen LogP) is 2.95. The number of benzene rings is 2. The molecule has 0 radical (unpaired) electrons. The highest BCUT2D eigenvalue weighted by molar-refractivity contribution is 6.25. The Morgan fingerprint density at radius 1 is 0.840 bits per heavy atom. The summed E-state index contributed by atoms with van der Waals surface area (Å²) in [4.78, 5) is 40.4. The number of fused-ring (bicyclic) bond motifs is 1. The van der Waals surface area contributed by atoms with Crippen molar-refractivity contribution in [2.75, 3.05) is 4.90 Å². The smallest absolute Gasteiger partial charge is 0.238 e. The van der Waals surface area contributed by atoms with Crippen molar-refractivity contribution in [3.05, 3.63) is 65.2 Å². The molecule has 0 spiro atoms. The summed E-state index contributed by atoms with van der Waals surface area (Å²) in [5, 5.41) is 0. The SMILES string of the molecule is Cc1ccccc1N1C(=O)[C@@H]2[C@H](C1=O)[C@H]1CC(=O)[C@@H]2c2ccccc21. The van der Waals surface area contributed by atoms with Gasteiger partial charge in [0.25, 0.3) is 0 Å². The van der Waals surface area contributed by atoms with Gasteiger partial charge in [0, 0.05) is 12.3 Å². The van der Waals surface area contributed by atoms with Gasteiger partial charge in [-0.1, -0.05) is 42.5 Å². The van der Waals surface area contributed by atoms with Crippen molar-refractivity contribution in [3.63, 3.8) is 0 Å². The van der Waals surface area contributed by atoms with Crippen LogP contribution in [0.15, 0.2) is 48.5 Å². The van der Waals surface area contributed by atoms with Crippen LogP contribution in [0.25, 0.3) is 0 Å². The fourth-order valence-corrected chi connectivity index (χ4v) is 5.01. The Morgan fingerprint density at radius 2 is 1.48 bits per heavy atom. The molecule has 2 aromatic rings. The zero-order chi connectivity index (χ0) is 17.3. The van der Waals surface area contributed by atoms with Crippen LogP contribution >= 0.6 is 0 Å². The third-order valence-corrected chi connectivity index (χ3v) is 6.05. The predicted molar refractivity (Wildman–Crippen MR) is 92.2 cm³/mol. The minimum atomic E-state index is -0.548. The first kappa shape index (κ1) is 14.6. The lowest BCUT2D eigenvalue weighted by Crippen LogP contribution is -2.44. The molecule has 1 saturated heterocycles. The zero-order valence-electron chi connectivity index (χ0n) is 13.8. The summed E-state index contributed by atoms with van der Waals surface area (Å²) >= 11 is 0. The lowest BCUT2D eigenvalue weighted by atomic mass is 9.56. The molecule has 2 fully saturated rings. The second-order valence-corrected chi connectivity index (χ2v) is 7.23. The second kappa shape index (κ2) is 4.88. The maximum Gasteiger partial charge on any atom is 0.238 e. The molecule has 4 atom stereocenters. The van der Waals surface area contributed by atoms with E-state index < -0.39 is 17.8 Å². The number of ketones is 1. The molecule has 2 bridgehead atoms. The number of hydrogen-bond donors (Lipinski definition) is 0. The monoisotopic (exact) mass is 331 g/mol. The minimum Gasteiger partial charge on any atom is -0.299 e. The highest BCUT2D eigenvalue weighted by Gasteiger charge is 2.62. The zero-order valence-corrected chi connectivity index (χ0v) is 13.8. The first-order chi connectivity index (χ1) is 12.1. The molecular weight excluding hydrogens is 314 g/mol. The summed E-state index contributed by atoms with van der Waals surface area (Å²) in [6, 6.07) is 15.2. The molecule has 0 N–H and O–H groups in total. The van der Waals surface area contributed by atoms with Gasteiger partial charge in [-0.2, -0.15) is 0 Å². The summed E-state index contributed by atoms with van der Waals surface area (Å²) in [7, 11) is 0. The van der Waals surface area contributed by atoms with Crippen LogP contribution in [0, 0.1) is 18.8 Å². The Morgan fingerprint density at radius 3 is 2.24 bits per heavy atom. The fraction of sp³-hybridized carbons (Fsp3) is 0.286. The molecule has 4 nitrogen and oxygen atoms in total. The van der Waals surface area contributed by atoms with Crippen molar-refractivity contribution < 1.29 is 14.4 Å². The molecule has 1 heterocycles. The summed E-state index contributed by atoms with van der Waals surface area (Å²) < 4.78 is 0. The number of imide groups is 1. The Hall–Kier alpha value is -2.75. The number of para-hydroxylation sites is 1. The maximum absolute atomic E-state index is 13.2. The van der Waals surface area contributed by atoms with Crippen LogP contribution in [-0.4, -0.2) is 17.6 Å². The third-order valence-electron chi connectivity index (χ3n) is 6.05. The molecule has 4 aliphatic rings. The van der Waals surface area contributed by atoms with Gasteiger partial charge >= 0.3 is 0 Å². The summed E-state index contributed by atoms with van der Waals surface area (Å²) in [5.74, 6) is -1.89. The molecule has 0 aromatic heterocycles. The highest BCUT2D eigenvalue weighted by atomic mass is 16.2. The third kappa shape index (κ3) is 1.74. The van der Waals surface area contributed by atoms with E-state index in [1.807, 2.05) is 49.4 Å². The molecule has 1 saturated carbocycles. The van der Waals surface area contributed by atoms with E-state index in [9.17, 15) is 14.4 Å². The molecule has 2 aromatic carbocycles. The topological polar surface area (TPSA) is 54.5 Å². The fourth-order valence-electron chi connectivity index (χ4n) is 5.01. The normalized spacial score (nSPS) is 29.8. The van der Waals surface area contributed by atoms with E-state index in [2.05, 4.69) is 0 Å². The standard InChI is InChI=1S/C21H17NO3/c1-11-6-2-5-9-15(11)22-20(24)18-14-10-16(23)17(19(18)21(22)25)13-8-4-3-7-12(13)14/h2-9,14,17-19H,10H2,1H3/t14-,17-,18+,19-/m0/s1. The van der Waals surface area contributed by atoms with Crippen molar-refractivity contribution in [1.82, 2.24) is 0 Å². The Labute approximate surface area is 145 Å². The van der Waals surface area contributed by atoms with Gasteiger partial charge < -0.3 is 0 Å². The van der Waals surface area contributed by atoms with Crippen LogP contribution in [0.1, 0.15) is 34.9 Å². The van der Waals surface area contributed by atoms with E-state index in [4.69, 9.17) is 0 Å². The van der Waals surface area contributed by atoms with E-state index in [1.54, 1.807) is 6.07 Å². The van der Waals surface area contributed by atoms with Crippen LogP contribution < -0.4 is 4.90 Å². The van der Waals surface area contributed by atoms with Gasteiger partial charge in [0.2, 0.25) is 11.8 Å². The first-order valence-corrected chi connectivity index (χ1v) is 8.64. The van der Waals surface area contributed by atoms with Crippen LogP contribution in [0.5, 0.6) is 0 Å². The lowest BCUT2D eigenvalue weighted by Gasteiger charge is -2.43. The average Bonchev–Trinajstić information content (AvgIpc) is 2.88. The number of amides is 2. The molecule has 2 amide bonds. The Balaban J connectivity index is 1.68. The maximum atomic E-state index is 13.2. The van der Waals surface area contributed by atoms with Crippen molar-refractivity contribution in [3.8, 4) is 0 Å². The molecule has 1 aliphatic heterocycles. The number of carbonyl (C=O) groups is 3. The largest absolute Gasteiger partial charge is 0.299 e. The number of aryl methyl sites for hydroxylation is 1. The number of Topliss-reactive ketones (excluding diaryl/α,β-unsaturated/α-hetero) is 1. The van der Waals surface area contributed by atoms with Gasteiger partial charge in [0.1, 0.15) is 5.78 Å². The van der Waals surface area contributed by atoms with Gasteiger partial charge in [0.15, 0.2) is 0 Å². The van der Waals surface area contributed by atoms with E-state index in [0.717, 1.165) is 16.7 Å². The van der Waals surface area contributed by atoms with Gasteiger partial charge in [-0.05, 0) is 29.7 Å². The van der Waals surface area contributed by atoms with Crippen LogP contribution in [-0.2, 0) is 14.4 Å². The number of anilines is 1. The van der Waals surface area contributed by atoms with Crippen LogP contribution in [0.2, 0.25) is 0 Å². The first-order valence-electron chi connectivity index (χ1n) is 8.64. The summed E-state index contributed by atoms with van der Waals surface area (Å²) in [5.41, 5.74) is 3.54. The van der Waals surface area contributed by atoms with Crippen molar-refractivity contribution in [2.45, 2.75) is 25.2 Å². The molecular formula is C21H17NO3. The van der Waals surface area contributed by atoms with Crippen molar-refractivity contribution in [1.29, 1.82) is 0 Å². The number of rotatable bonds is 1. The second-order valence-electron chi connectivity index (χ2n) is 7.23. The quantitative estimate of drug-likeness (QED) is 0.755. The van der Waals surface area contributed by atoms with Gasteiger partial charge in [-0.3, -0.25) is 14.4 Å². The Bertz CT molecular complexity index is 948. The highest BCUT2D eigenvalue weighted by Crippen LogP contribution is 2.57. The van der Waals surface area contributed by atoms with E-state index >= 15 is 0 Å². The molecule has 6 rings (SSSR count). The molecule has 124 valence electrons. The van der Waals surface area contributed by atoms with Crippen LogP contribution in [0.4, 0.5) is 5.69 Å². The lowest BCUT2D eigenvalue weighted by molar-refractivity contribution is -0.134. The Kier molecular flexibility index (Phi) is 2.85. The van der Waals surface area contributed by atoms with Crippen molar-refractivity contribution >= 4 is 23.3 Å². The van der Waals surface area contributed by atoms with E-state index in [-0.39, 0.29) is 23.5 Å². The molecule has 3 aliphatic carbocycles. The molecule has 4 heteroatoms. The van der Waals surface area contributed by atoms with Gasteiger partial charge in [0.05, 0.1) is 23.4 Å². The molecule has 0 unspecified atom stereocenters. The van der Waals surface area contributed by atoms with Crippen LogP contribution in [0.3, 0.4) is 0 Å². The summed E-state index contributed by atoms with van der Waals surface area (Å²) in [6.45, 7) is 1.90. The molecule has 25 heavy (non-hydrogen) atoms. The number of carbonyl (C=O) groups excluding carboxylic acids is 3. The van der Waals surface area contributed by atoms with Crippen molar-refractivity contribution in [2.24, 2.45) is 11.8 Å². The summed E-state index contributed by atoms with van der Waals surface area (Å²) in [6.07, 6.45) is 0.365. The van der Waals surface area contributed by atoms with Gasteiger partial charge in [-0.15, -0.1) is 0 Å². The van der Waals surface area contributed by atoms with E-state index in [1.165, 1.54) is 4.90 Å². The number of nitrogens with zero attached hydrogens (tertiary/aromatic N) is 1. The average molecular weight is 331 g/mol. The number of hydrogen-bond acceptors (Lipinski definition) is 3. The van der Waals surface area contributed by atoms with Gasteiger partial charge in [-0.25, -0.2) is 4.90 Å².